The average Bonchev–Trinajstić information content (AvgIpc) is 2.67. The third-order valence-electron chi connectivity index (χ3n) is 4.25. The Kier molecular flexibility index (Phi) is 6.21. The summed E-state index contributed by atoms with van der Waals surface area (Å²) in [4.78, 5) is 24.8. The molecule has 1 aromatic heterocycles. The molecule has 3 rings (SSSR count). The van der Waals surface area contributed by atoms with E-state index >= 15 is 0 Å². The van der Waals surface area contributed by atoms with Crippen LogP contribution in [0.25, 0.3) is 5.69 Å². The topological polar surface area (TPSA) is 64.0 Å². The Balaban J connectivity index is 1.79. The Morgan fingerprint density at radius 1 is 1.11 bits per heavy atom. The first-order valence-corrected chi connectivity index (χ1v) is 10.0. The van der Waals surface area contributed by atoms with E-state index in [1.807, 2.05) is 44.2 Å². The number of para-hydroxylation sites is 1. The number of carbonyl (C=O) groups excluding carboxylic acids is 1. The van der Waals surface area contributed by atoms with Crippen molar-refractivity contribution in [3.63, 3.8) is 0 Å². The van der Waals surface area contributed by atoms with Crippen molar-refractivity contribution in [2.75, 3.05) is 5.32 Å². The molecule has 0 radical (unpaired) electrons. The molecule has 0 aliphatic carbocycles. The van der Waals surface area contributed by atoms with Gasteiger partial charge in [-0.1, -0.05) is 47.6 Å². The van der Waals surface area contributed by atoms with Crippen molar-refractivity contribution in [1.29, 1.82) is 0 Å². The number of anilines is 1. The summed E-state index contributed by atoms with van der Waals surface area (Å²) in [6.45, 7) is 5.64. The summed E-state index contributed by atoms with van der Waals surface area (Å²) in [6.07, 6.45) is 0. The highest BCUT2D eigenvalue weighted by Crippen LogP contribution is 2.23. The monoisotopic (exact) mass is 413 g/mol. The van der Waals surface area contributed by atoms with E-state index in [-0.39, 0.29) is 16.7 Å². The summed E-state index contributed by atoms with van der Waals surface area (Å²) < 4.78 is 1.29. The van der Waals surface area contributed by atoms with Gasteiger partial charge in [-0.2, -0.15) is 9.78 Å². The average molecular weight is 414 g/mol. The van der Waals surface area contributed by atoms with Crippen LogP contribution < -0.4 is 10.9 Å². The van der Waals surface area contributed by atoms with E-state index in [0.717, 1.165) is 16.8 Å². The number of halogens is 1. The second-order valence-corrected chi connectivity index (χ2v) is 8.19. The van der Waals surface area contributed by atoms with E-state index in [1.54, 1.807) is 25.1 Å². The Bertz CT molecular complexity index is 1080. The molecule has 0 aliphatic heterocycles. The van der Waals surface area contributed by atoms with Crippen LogP contribution in [0.1, 0.15) is 18.1 Å². The molecule has 1 unspecified atom stereocenters. The van der Waals surface area contributed by atoms with Gasteiger partial charge in [-0.25, -0.2) is 0 Å². The molecule has 0 saturated carbocycles. The Morgan fingerprint density at radius 3 is 2.57 bits per heavy atom. The van der Waals surface area contributed by atoms with E-state index in [9.17, 15) is 9.59 Å². The van der Waals surface area contributed by atoms with Gasteiger partial charge in [0.05, 0.1) is 10.9 Å². The minimum absolute atomic E-state index is 0.128. The standard InChI is InChI=1S/C21H20ClN3O2S/c1-13-8-9-16(12-17(13)22)25-20(26)11-10-19(24-25)28-15(3)21(27)23-18-7-5-4-6-14(18)2/h4-12,15H,1-3H3,(H,23,27). The fourth-order valence-corrected chi connectivity index (χ4v) is 3.52. The van der Waals surface area contributed by atoms with Gasteiger partial charge in [0.25, 0.3) is 5.56 Å². The van der Waals surface area contributed by atoms with E-state index < -0.39 is 0 Å². The fourth-order valence-electron chi connectivity index (χ4n) is 2.54. The molecule has 28 heavy (non-hydrogen) atoms. The number of benzene rings is 2. The Hall–Kier alpha value is -2.57. The summed E-state index contributed by atoms with van der Waals surface area (Å²) >= 11 is 7.46. The summed E-state index contributed by atoms with van der Waals surface area (Å²) in [5.41, 5.74) is 3.02. The van der Waals surface area contributed by atoms with Gasteiger partial charge in [0.1, 0.15) is 5.03 Å². The highest BCUT2D eigenvalue weighted by molar-refractivity contribution is 8.00. The van der Waals surface area contributed by atoms with Crippen molar-refractivity contribution in [3.05, 3.63) is 81.1 Å². The maximum Gasteiger partial charge on any atom is 0.271 e. The Labute approximate surface area is 172 Å². The maximum absolute atomic E-state index is 12.5. The molecule has 144 valence electrons. The zero-order valence-corrected chi connectivity index (χ0v) is 17.3. The second kappa shape index (κ2) is 8.63. The molecule has 1 atom stereocenters. The third kappa shape index (κ3) is 4.64. The predicted molar refractivity (Wildman–Crippen MR) is 115 cm³/mol. The van der Waals surface area contributed by atoms with Gasteiger partial charge in [-0.05, 0) is 56.2 Å². The van der Waals surface area contributed by atoms with E-state index in [0.29, 0.717) is 15.7 Å². The van der Waals surface area contributed by atoms with Crippen molar-refractivity contribution in [2.45, 2.75) is 31.0 Å². The van der Waals surface area contributed by atoms with Crippen molar-refractivity contribution in [1.82, 2.24) is 9.78 Å². The van der Waals surface area contributed by atoms with Gasteiger partial charge in [-0.15, -0.1) is 0 Å². The Morgan fingerprint density at radius 2 is 1.86 bits per heavy atom. The van der Waals surface area contributed by atoms with Crippen LogP contribution in [0.15, 0.2) is 64.4 Å². The lowest BCUT2D eigenvalue weighted by molar-refractivity contribution is -0.115. The largest absolute Gasteiger partial charge is 0.325 e. The minimum atomic E-state index is -0.389. The lowest BCUT2D eigenvalue weighted by atomic mass is 10.2. The molecule has 1 amide bonds. The second-order valence-electron chi connectivity index (χ2n) is 6.42. The third-order valence-corrected chi connectivity index (χ3v) is 5.68. The molecular weight excluding hydrogens is 394 g/mol. The van der Waals surface area contributed by atoms with Crippen molar-refractivity contribution in [3.8, 4) is 5.69 Å². The van der Waals surface area contributed by atoms with E-state index in [2.05, 4.69) is 10.4 Å². The molecule has 1 N–H and O–H groups in total. The molecule has 7 heteroatoms. The molecule has 3 aromatic rings. The molecule has 2 aromatic carbocycles. The van der Waals surface area contributed by atoms with E-state index in [4.69, 9.17) is 11.6 Å². The number of hydrogen-bond donors (Lipinski definition) is 1. The summed E-state index contributed by atoms with van der Waals surface area (Å²) in [5.74, 6) is -0.128. The first-order valence-electron chi connectivity index (χ1n) is 8.75. The smallest absolute Gasteiger partial charge is 0.271 e. The van der Waals surface area contributed by atoms with Gasteiger partial charge in [-0.3, -0.25) is 9.59 Å². The van der Waals surface area contributed by atoms with Gasteiger partial charge < -0.3 is 5.32 Å². The van der Waals surface area contributed by atoms with Crippen LogP contribution in [0, 0.1) is 13.8 Å². The first-order chi connectivity index (χ1) is 13.3. The molecule has 0 bridgehead atoms. The van der Waals surface area contributed by atoms with Gasteiger partial charge in [0.15, 0.2) is 0 Å². The molecule has 0 fully saturated rings. The highest BCUT2D eigenvalue weighted by atomic mass is 35.5. The number of nitrogens with one attached hydrogen (secondary N) is 1. The summed E-state index contributed by atoms with van der Waals surface area (Å²) in [5, 5.41) is 8.07. The normalized spacial score (nSPS) is 11.9. The number of aromatic nitrogens is 2. The molecule has 0 saturated heterocycles. The quantitative estimate of drug-likeness (QED) is 0.620. The van der Waals surface area contributed by atoms with Crippen molar-refractivity contribution in [2.24, 2.45) is 0 Å². The lowest BCUT2D eigenvalue weighted by Crippen LogP contribution is -2.24. The zero-order valence-electron chi connectivity index (χ0n) is 15.8. The van der Waals surface area contributed by atoms with Crippen LogP contribution in [0.4, 0.5) is 5.69 Å². The molecule has 0 spiro atoms. The van der Waals surface area contributed by atoms with Crippen molar-refractivity contribution < 1.29 is 4.79 Å². The maximum atomic E-state index is 12.5. The number of nitrogens with zero attached hydrogens (tertiary/aromatic N) is 2. The summed E-state index contributed by atoms with van der Waals surface area (Å²) in [7, 11) is 0. The van der Waals surface area contributed by atoms with Crippen LogP contribution >= 0.6 is 23.4 Å². The number of thioether (sulfide) groups is 1. The van der Waals surface area contributed by atoms with Gasteiger partial charge >= 0.3 is 0 Å². The van der Waals surface area contributed by atoms with Crippen LogP contribution in [-0.2, 0) is 4.79 Å². The minimum Gasteiger partial charge on any atom is -0.325 e. The summed E-state index contributed by atoms with van der Waals surface area (Å²) in [6, 6.07) is 16.0. The molecule has 1 heterocycles. The number of amides is 1. The zero-order chi connectivity index (χ0) is 20.3. The van der Waals surface area contributed by atoms with E-state index in [1.165, 1.54) is 22.5 Å². The number of carbonyl (C=O) groups is 1. The molecular formula is C21H20ClN3O2S. The number of hydrogen-bond acceptors (Lipinski definition) is 4. The predicted octanol–water partition coefficient (Wildman–Crippen LogP) is 4.62. The van der Waals surface area contributed by atoms with Crippen LogP contribution in [0.2, 0.25) is 5.02 Å². The number of aryl methyl sites for hydroxylation is 2. The van der Waals surface area contributed by atoms with Crippen LogP contribution in [0.5, 0.6) is 0 Å². The molecule has 0 aliphatic rings. The van der Waals surface area contributed by atoms with Crippen LogP contribution in [0.3, 0.4) is 0 Å². The van der Waals surface area contributed by atoms with Crippen LogP contribution in [-0.4, -0.2) is 20.9 Å². The fraction of sp³-hybridized carbons (Fsp3) is 0.190. The van der Waals surface area contributed by atoms with Crippen molar-refractivity contribution >= 4 is 35.0 Å². The first kappa shape index (κ1) is 20.2. The highest BCUT2D eigenvalue weighted by Gasteiger charge is 2.17. The SMILES string of the molecule is Cc1ccc(-n2nc(SC(C)C(=O)Nc3ccccc3C)ccc2=O)cc1Cl. The van der Waals surface area contributed by atoms with Gasteiger partial charge in [0.2, 0.25) is 5.91 Å². The lowest BCUT2D eigenvalue weighted by Gasteiger charge is -2.14. The molecule has 5 nitrogen and oxygen atoms in total. The van der Waals surface area contributed by atoms with Gasteiger partial charge in [0, 0.05) is 16.8 Å². The number of rotatable bonds is 5.